The van der Waals surface area contributed by atoms with Gasteiger partial charge in [0.15, 0.2) is 32.2 Å². The third kappa shape index (κ3) is 129. The van der Waals surface area contributed by atoms with E-state index < -0.39 is 78.1 Å². The number of ether oxygens (including phenoxy) is 3. The van der Waals surface area contributed by atoms with E-state index in [-0.39, 0.29) is 132 Å². The summed E-state index contributed by atoms with van der Waals surface area (Å²) in [6.45, 7) is 42.2. The Hall–Kier alpha value is -6.17. The number of carboxylic acid groups (broad SMARTS) is 3. The Morgan fingerprint density at radius 3 is 1.10 bits per heavy atom. The second-order valence-corrected chi connectivity index (χ2v) is 25.4. The first-order valence-corrected chi connectivity index (χ1v) is 38.7. The zero-order valence-electron chi connectivity index (χ0n) is 72.4. The number of amides is 4. The molecule has 0 radical (unpaired) electrons. The first-order chi connectivity index (χ1) is 53.1. The Bertz CT molecular complexity index is 2290. The predicted octanol–water partition coefficient (Wildman–Crippen LogP) is -0.0705. The van der Waals surface area contributed by atoms with Gasteiger partial charge in [-0.05, 0) is 136 Å². The molecule has 1 aliphatic rings. The fourth-order valence-corrected chi connectivity index (χ4v) is 6.96. The van der Waals surface area contributed by atoms with Crippen molar-refractivity contribution in [3.63, 3.8) is 0 Å². The van der Waals surface area contributed by atoms with Crippen molar-refractivity contribution in [2.45, 2.75) is 235 Å². The Kier molecular flexibility index (Phi) is 128. The molecule has 0 aliphatic carbocycles. The average Bonchev–Trinajstić information content (AvgIpc) is 2.18. The number of Topliss-reactive ketones (excluding diaryl/α,β-unsaturated/α-hetero) is 4. The Labute approximate surface area is 693 Å². The van der Waals surface area contributed by atoms with Crippen molar-refractivity contribution in [3.8, 4) is 12.1 Å². The van der Waals surface area contributed by atoms with E-state index >= 15 is 0 Å². The number of ketones is 4. The quantitative estimate of drug-likeness (QED) is 0.0165. The van der Waals surface area contributed by atoms with Crippen LogP contribution in [-0.4, -0.2) is 296 Å². The van der Waals surface area contributed by atoms with Gasteiger partial charge in [-0.15, -0.1) is 0 Å². The maximum Gasteiger partial charge on any atom is 2.00 e. The van der Waals surface area contributed by atoms with Gasteiger partial charge in [-0.25, -0.2) is 19.2 Å². The molecule has 1 heterocycles. The van der Waals surface area contributed by atoms with Crippen molar-refractivity contribution >= 4 is 74.1 Å². The summed E-state index contributed by atoms with van der Waals surface area (Å²) in [4.78, 5) is 121. The number of nitrogens with zero attached hydrogens (tertiary/aromatic N) is 2. The van der Waals surface area contributed by atoms with Crippen LogP contribution in [0.3, 0.4) is 0 Å². The molecule has 0 spiro atoms. The molecule has 21 N–H and O–H groups in total. The molecule has 6 unspecified atom stereocenters. The van der Waals surface area contributed by atoms with Crippen LogP contribution in [0.1, 0.15) is 194 Å². The van der Waals surface area contributed by atoms with Crippen molar-refractivity contribution in [3.05, 3.63) is 13.8 Å². The van der Waals surface area contributed by atoms with Crippen LogP contribution in [-0.2, 0) is 82.9 Å². The molecular formula is C74H155N14NiO24P. The molecule has 114 heavy (non-hydrogen) atoms. The summed E-state index contributed by atoms with van der Waals surface area (Å²) < 4.78 is 25.1. The Balaban J connectivity index is -0.0000000919. The van der Waals surface area contributed by atoms with Gasteiger partial charge in [0.05, 0.1) is 89.4 Å². The summed E-state index contributed by atoms with van der Waals surface area (Å²) in [6.07, 6.45) is 6.57. The van der Waals surface area contributed by atoms with Crippen LogP contribution >= 0.6 is 9.03 Å². The third-order valence-corrected chi connectivity index (χ3v) is 12.6. The molecule has 0 aromatic rings. The van der Waals surface area contributed by atoms with Crippen LogP contribution in [0.25, 0.3) is 0 Å². The van der Waals surface area contributed by atoms with Gasteiger partial charge >= 0.3 is 40.6 Å². The number of quaternary nitrogens is 1. The van der Waals surface area contributed by atoms with E-state index in [0.29, 0.717) is 58.6 Å². The fraction of sp³-hybridized carbons (Fsp3) is 0.797. The molecule has 0 saturated carbocycles. The maximum absolute atomic E-state index is 11.9. The summed E-state index contributed by atoms with van der Waals surface area (Å²) in [5, 5.41) is 106. The fourth-order valence-electron chi connectivity index (χ4n) is 6.51. The number of aliphatic hydroxyl groups excluding tert-OH is 5. The number of carbonyl (C=O) groups excluding carboxylic acids is 9. The zero-order valence-corrected chi connectivity index (χ0v) is 74.4. The first-order valence-electron chi connectivity index (χ1n) is 37.9. The van der Waals surface area contributed by atoms with Gasteiger partial charge in [0.25, 0.3) is 0 Å². The van der Waals surface area contributed by atoms with Crippen molar-refractivity contribution in [1.82, 2.24) is 47.9 Å². The molecular weight excluding hydrogens is 1560 g/mol. The van der Waals surface area contributed by atoms with Crippen LogP contribution in [0, 0.1) is 36.5 Å². The van der Waals surface area contributed by atoms with Gasteiger partial charge in [-0.2, -0.15) is 23.4 Å². The van der Waals surface area contributed by atoms with Crippen molar-refractivity contribution < 1.29 is 138 Å². The van der Waals surface area contributed by atoms with Crippen molar-refractivity contribution in [1.29, 1.82) is 10.5 Å². The van der Waals surface area contributed by atoms with E-state index in [1.807, 2.05) is 19.9 Å². The number of unbranched alkanes of at least 4 members (excludes halogenated alkanes) is 1. The number of nitrogens with two attached hydrogens (primary N) is 2. The zero-order chi connectivity index (χ0) is 90.5. The summed E-state index contributed by atoms with van der Waals surface area (Å²) in [6, 6.07) is 0.510. The van der Waals surface area contributed by atoms with Gasteiger partial charge in [0.2, 0.25) is 11.8 Å². The molecule has 38 nitrogen and oxygen atoms in total. The number of carboxylic acids is 3. The number of alkyl carbamates (subject to hydrolysis) is 2. The average molecular weight is 1710 g/mol. The molecule has 0 bridgehead atoms. The summed E-state index contributed by atoms with van der Waals surface area (Å²) in [7, 11) is 8.26. The summed E-state index contributed by atoms with van der Waals surface area (Å²) >= 11 is 0. The Morgan fingerprint density at radius 1 is 0.544 bits per heavy atom. The minimum Gasteiger partial charge on any atom is -0.550 e. The monoisotopic (exact) mass is 1710 g/mol. The number of nitrogens with one attached hydrogen (secondary N) is 10. The number of hydrogen-bond acceptors (Lipinski definition) is 31. The molecule has 1 aliphatic heterocycles. The number of rotatable bonds is 42. The number of aliphatic carboxylic acids is 3. The molecule has 1 fully saturated rings. The second-order valence-electron chi connectivity index (χ2n) is 24.7. The number of carbonyl (C=O) groups is 11. The smallest absolute Gasteiger partial charge is 0.550 e. The van der Waals surface area contributed by atoms with Crippen LogP contribution in [0.4, 0.5) is 9.59 Å². The van der Waals surface area contributed by atoms with E-state index in [1.54, 1.807) is 102 Å². The maximum atomic E-state index is 11.9. The normalized spacial score (nSPS) is 11.6. The number of aliphatic hydroxyl groups is 5. The van der Waals surface area contributed by atoms with Gasteiger partial charge in [-0.3, -0.25) is 28.8 Å². The van der Waals surface area contributed by atoms with E-state index in [0.717, 1.165) is 38.9 Å². The van der Waals surface area contributed by atoms with E-state index in [2.05, 4.69) is 82.5 Å². The van der Waals surface area contributed by atoms with Gasteiger partial charge in [0, 0.05) is 104 Å². The molecule has 0 aromatic carbocycles. The predicted molar refractivity (Wildman–Crippen MR) is 437 cm³/mol. The van der Waals surface area contributed by atoms with Crippen LogP contribution in [0.15, 0.2) is 0 Å². The third-order valence-electron chi connectivity index (χ3n) is 12.0. The van der Waals surface area contributed by atoms with E-state index in [1.165, 1.54) is 46.3 Å². The molecule has 680 valence electrons. The largest absolute Gasteiger partial charge is 2.00 e. The molecule has 40 heteroatoms. The number of likely N-dealkylation sites (N-methyl/N-ethyl adjacent to an activating group) is 5. The molecule has 6 atom stereocenters. The minimum absolute atomic E-state index is 0. The van der Waals surface area contributed by atoms with Crippen LogP contribution < -0.4 is 69.3 Å². The standard InChI is InChI=1S/C12H22N3O4P.C11H22N2O4.C9H18N2O4.C9H18N2O3.C6H14N2O2.C6H15N.C4H11NO.C4H8O.C3H6O2.2C3H7.C2H3N.C2H4O3.Ni/c1-3-12(17)15-10(9-14-2)11(16)5-8-19-20-18-7-4-6-13;1-11(2,3)17-10(16)13-8(7-12-4)9(15)5-6-14;1-9(2,3)15-8(14)11-6(5-10-4)7(12)13;1-3-9(14)11-7(6-10-2)8(13)4-5-12;1-8-4-5(7)6(10)2-3-9;1-4-7(5-2)6-3;5-3-1-2-4-6;1-2-4-5-3-1;1-2-3(4)5;2*1-3-2;1-2-3;3-1-2(4)5;/h10,14,20H,3-5,7-9H2,1-2H3,(H,15,17);8,12,14H,5-7H2,1-4H3,(H,13,16);6,10H,5H2,1-4H3,(H,11,14)(H,12,13);7,10,12H,3-6H2,1-2H3,(H,11,14);5,8-9H,2-4,7H2,1H3;4-6H2,1-3H3;6H,1-5H2;1-4H2;2H2,1H3,(H,4,5);2*1,3H2,2H3;1H3;3H,1H2,(H,4,5);/q;;;;;;;;;2*-1;;;+2. The van der Waals surface area contributed by atoms with Gasteiger partial charge in [0.1, 0.15) is 29.9 Å². The molecule has 1 saturated heterocycles. The first kappa shape index (κ1) is 137. The minimum atomic E-state index is -1.19. The van der Waals surface area contributed by atoms with Gasteiger partial charge in [-0.1, -0.05) is 34.6 Å². The second kappa shape index (κ2) is 107. The topological polar surface area (TPSA) is 611 Å². The van der Waals surface area contributed by atoms with E-state index in [9.17, 15) is 53.1 Å². The van der Waals surface area contributed by atoms with Gasteiger partial charge < -0.3 is 147 Å². The number of nitriles is 2. The van der Waals surface area contributed by atoms with Crippen LogP contribution in [0.2, 0.25) is 0 Å². The van der Waals surface area contributed by atoms with Crippen molar-refractivity contribution in [2.24, 2.45) is 11.5 Å². The van der Waals surface area contributed by atoms with Crippen LogP contribution in [0.5, 0.6) is 0 Å². The summed E-state index contributed by atoms with van der Waals surface area (Å²) in [5.41, 5.74) is 9.26. The molecule has 1 rings (SSSR count). The van der Waals surface area contributed by atoms with E-state index in [4.69, 9.17) is 85.8 Å². The summed E-state index contributed by atoms with van der Waals surface area (Å²) in [5.74, 6) is -4.15. The Morgan fingerprint density at radius 2 is 0.860 bits per heavy atom. The SMILES string of the molecule is C1CCOC1.CC#N.CCC(=O)NC(CNC)C(=O)CCO.CCC(=O)NC(CNC)C(=O)CCOPOCCC#N.CCC(=O)[O-].CC[NH+](CC)CC.CNCC(N)C(=O)CCO.CNCC(NC(=O)OC(C)(C)C)C(=O)CCO.CNCC(NC(=O)OC(C)(C)C)C(=O)O.NCCCCO.O=C(O)CO.[CH2-]CC.[CH2-]CC.[Ni+2]. The molecule has 4 amide bonds. The molecule has 0 aromatic heterocycles. The number of hydrogen-bond donors (Lipinski definition) is 19. The van der Waals surface area contributed by atoms with Crippen molar-refractivity contribution in [2.75, 3.05) is 154 Å².